The summed E-state index contributed by atoms with van der Waals surface area (Å²) >= 11 is 0. The first kappa shape index (κ1) is 29.3. The van der Waals surface area contributed by atoms with E-state index in [1.807, 2.05) is 13.0 Å². The van der Waals surface area contributed by atoms with Crippen LogP contribution in [-0.2, 0) is 14.3 Å². The predicted octanol–water partition coefficient (Wildman–Crippen LogP) is 4.64. The van der Waals surface area contributed by atoms with Crippen molar-refractivity contribution in [3.8, 4) is 0 Å². The number of carbonyl (C=O) groups excluding carboxylic acids is 1. The molecule has 38 heavy (non-hydrogen) atoms. The maximum atomic E-state index is 12.6. The van der Waals surface area contributed by atoms with Crippen LogP contribution in [0.4, 0.5) is 0 Å². The Kier molecular flexibility index (Phi) is 7.99. The summed E-state index contributed by atoms with van der Waals surface area (Å²) in [7, 11) is 0. The second-order valence-corrected chi connectivity index (χ2v) is 13.6. The van der Waals surface area contributed by atoms with Gasteiger partial charge in [0.15, 0.2) is 0 Å². The highest BCUT2D eigenvalue weighted by molar-refractivity contribution is 5.88. The Labute approximate surface area is 227 Å². The van der Waals surface area contributed by atoms with Crippen LogP contribution in [0.15, 0.2) is 22.8 Å². The Bertz CT molecular complexity index is 1020. The third kappa shape index (κ3) is 4.46. The van der Waals surface area contributed by atoms with Crippen LogP contribution in [0.1, 0.15) is 92.9 Å². The molecule has 0 spiro atoms. The smallest absolute Gasteiger partial charge is 0.331 e. The Balaban J connectivity index is 1.81. The maximum absolute atomic E-state index is 12.6. The number of esters is 1. The molecular weight excluding hydrogens is 484 g/mol. The van der Waals surface area contributed by atoms with Crippen molar-refractivity contribution < 1.29 is 34.8 Å². The average Bonchev–Trinajstić information content (AvgIpc) is 3.10. The fourth-order valence-corrected chi connectivity index (χ4v) is 9.81. The number of allylic oxidation sites excluding steroid dienone is 1. The van der Waals surface area contributed by atoms with Crippen molar-refractivity contribution in [3.05, 3.63) is 22.8 Å². The van der Waals surface area contributed by atoms with Crippen molar-refractivity contribution in [1.29, 1.82) is 0 Å². The van der Waals surface area contributed by atoms with Gasteiger partial charge in [-0.15, -0.1) is 0 Å². The van der Waals surface area contributed by atoms with Crippen molar-refractivity contribution >= 4 is 11.9 Å². The van der Waals surface area contributed by atoms with Crippen LogP contribution in [0.25, 0.3) is 0 Å². The third-order valence-electron chi connectivity index (χ3n) is 11.8. The van der Waals surface area contributed by atoms with E-state index in [4.69, 9.17) is 4.74 Å². The molecule has 0 aromatic heterocycles. The number of rotatable bonds is 6. The molecule has 4 saturated carbocycles. The number of ether oxygens (including phenoxy) is 1. The lowest BCUT2D eigenvalue weighted by atomic mass is 9.36. The van der Waals surface area contributed by atoms with Crippen LogP contribution in [-0.4, -0.2) is 57.3 Å². The highest BCUT2D eigenvalue weighted by atomic mass is 16.5. The summed E-state index contributed by atoms with van der Waals surface area (Å²) < 4.78 is 5.85. The molecule has 0 amide bonds. The number of carbonyl (C=O) groups is 2. The zero-order chi connectivity index (χ0) is 28.2. The van der Waals surface area contributed by atoms with E-state index in [2.05, 4.69) is 27.7 Å². The van der Waals surface area contributed by atoms with Crippen LogP contribution in [0.5, 0.6) is 0 Å². The molecule has 0 saturated heterocycles. The van der Waals surface area contributed by atoms with E-state index in [9.17, 15) is 30.0 Å². The van der Waals surface area contributed by atoms with E-state index in [1.54, 1.807) is 0 Å². The number of fused-ring (bicyclic) bond motifs is 5. The van der Waals surface area contributed by atoms with Crippen LogP contribution in [0.2, 0.25) is 0 Å². The van der Waals surface area contributed by atoms with E-state index < -0.39 is 24.1 Å². The van der Waals surface area contributed by atoms with Gasteiger partial charge in [0, 0.05) is 12.5 Å². The minimum Gasteiger partial charge on any atom is -0.478 e. The van der Waals surface area contributed by atoms with Gasteiger partial charge in [-0.05, 0) is 104 Å². The SMILES string of the molecule is CC(=O)O[C@H]1C[C@@]2(C)[C@@H](C[C@@H](O)[C@H]3[C@@]4(C)CC[C@@H](O)[C@@H](C)[C@@H]4CC[C@@]32C)/C1=C(\CC/C=C(\C)CO)C(=O)O. The monoisotopic (exact) mass is 532 g/mol. The maximum Gasteiger partial charge on any atom is 0.331 e. The van der Waals surface area contributed by atoms with E-state index in [0.29, 0.717) is 30.8 Å². The molecule has 0 bridgehead atoms. The summed E-state index contributed by atoms with van der Waals surface area (Å²) in [5.41, 5.74) is 0.980. The van der Waals surface area contributed by atoms with Crippen LogP contribution in [0, 0.1) is 39.9 Å². The first-order valence-corrected chi connectivity index (χ1v) is 14.5. The number of carboxylic acid groups (broad SMARTS) is 1. The third-order valence-corrected chi connectivity index (χ3v) is 11.8. The van der Waals surface area contributed by atoms with Gasteiger partial charge in [0.1, 0.15) is 6.10 Å². The molecule has 4 rings (SSSR count). The zero-order valence-electron chi connectivity index (χ0n) is 24.0. The molecule has 10 atom stereocenters. The van der Waals surface area contributed by atoms with Gasteiger partial charge < -0.3 is 25.2 Å². The fraction of sp³-hybridized carbons (Fsp3) is 0.806. The molecule has 0 aliphatic heterocycles. The lowest BCUT2D eigenvalue weighted by Crippen LogP contribution is -2.65. The molecule has 0 heterocycles. The number of hydrogen-bond donors (Lipinski definition) is 4. The normalized spacial score (nSPS) is 46.0. The Hall–Kier alpha value is -1.70. The number of aliphatic carboxylic acids is 1. The molecule has 0 aromatic carbocycles. The standard InChI is InChI=1S/C31H48O7/c1-17(16-32)8-7-9-20(28(36)37)26-22-14-24(35)27-29(4)12-11-23(34)18(2)21(29)10-13-30(27,5)31(22,6)15-25(26)38-19(3)33/h8,18,21-25,27,32,34-35H,7,9-16H2,1-6H3,(H,36,37)/b17-8+,26-20-/t18-,21-,22-,23+,24+,25-,27-,29-,30-,31-/m0/s1. The second kappa shape index (κ2) is 10.4. The molecule has 0 unspecified atom stereocenters. The molecule has 7 heteroatoms. The van der Waals surface area contributed by atoms with Gasteiger partial charge in [-0.25, -0.2) is 4.79 Å². The van der Waals surface area contributed by atoms with E-state index >= 15 is 0 Å². The topological polar surface area (TPSA) is 124 Å². The molecule has 4 fully saturated rings. The molecular formula is C31H48O7. The van der Waals surface area contributed by atoms with Gasteiger partial charge in [0.05, 0.1) is 18.8 Å². The minimum absolute atomic E-state index is 0.0192. The van der Waals surface area contributed by atoms with Gasteiger partial charge >= 0.3 is 11.9 Å². The van der Waals surface area contributed by atoms with Gasteiger partial charge in [-0.3, -0.25) is 4.79 Å². The summed E-state index contributed by atoms with van der Waals surface area (Å²) in [6.07, 6.45) is 5.51. The van der Waals surface area contributed by atoms with Crippen molar-refractivity contribution in [2.45, 2.75) is 111 Å². The van der Waals surface area contributed by atoms with Gasteiger partial charge in [0.25, 0.3) is 0 Å². The predicted molar refractivity (Wildman–Crippen MR) is 144 cm³/mol. The summed E-state index contributed by atoms with van der Waals surface area (Å²) in [5.74, 6) is -1.11. The molecule has 214 valence electrons. The summed E-state index contributed by atoms with van der Waals surface area (Å²) in [4.78, 5) is 24.9. The van der Waals surface area contributed by atoms with E-state index in [0.717, 1.165) is 31.3 Å². The van der Waals surface area contributed by atoms with E-state index in [-0.39, 0.29) is 58.7 Å². The fourth-order valence-electron chi connectivity index (χ4n) is 9.81. The van der Waals surface area contributed by atoms with Crippen LogP contribution in [0.3, 0.4) is 0 Å². The summed E-state index contributed by atoms with van der Waals surface area (Å²) in [6, 6.07) is 0. The lowest BCUT2D eigenvalue weighted by molar-refractivity contribution is -0.234. The highest BCUT2D eigenvalue weighted by Crippen LogP contribution is 2.74. The van der Waals surface area contributed by atoms with Crippen LogP contribution < -0.4 is 0 Å². The number of carboxylic acids is 1. The molecule has 0 aromatic rings. The summed E-state index contributed by atoms with van der Waals surface area (Å²) in [5, 5.41) is 42.2. The Morgan fingerprint density at radius 1 is 1.05 bits per heavy atom. The van der Waals surface area contributed by atoms with Crippen LogP contribution >= 0.6 is 0 Å². The Morgan fingerprint density at radius 2 is 1.74 bits per heavy atom. The van der Waals surface area contributed by atoms with Gasteiger partial charge in [-0.2, -0.15) is 0 Å². The molecule has 0 radical (unpaired) electrons. The molecule has 4 aliphatic rings. The quantitative estimate of drug-likeness (QED) is 0.223. The van der Waals surface area contributed by atoms with Crippen molar-refractivity contribution in [2.75, 3.05) is 6.61 Å². The first-order valence-electron chi connectivity index (χ1n) is 14.5. The molecule has 4 N–H and O–H groups in total. The van der Waals surface area contributed by atoms with Crippen molar-refractivity contribution in [2.24, 2.45) is 39.9 Å². The number of aliphatic hydroxyl groups is 3. The van der Waals surface area contributed by atoms with Gasteiger partial charge in [0.2, 0.25) is 0 Å². The minimum atomic E-state index is -1.01. The molecule has 7 nitrogen and oxygen atoms in total. The average molecular weight is 533 g/mol. The van der Waals surface area contributed by atoms with Crippen molar-refractivity contribution in [1.82, 2.24) is 0 Å². The Morgan fingerprint density at radius 3 is 2.34 bits per heavy atom. The first-order chi connectivity index (χ1) is 17.7. The van der Waals surface area contributed by atoms with Gasteiger partial charge in [-0.1, -0.05) is 39.3 Å². The number of hydrogen-bond acceptors (Lipinski definition) is 6. The number of aliphatic hydroxyl groups excluding tert-OH is 3. The molecule has 4 aliphatic carbocycles. The highest BCUT2D eigenvalue weighted by Gasteiger charge is 2.70. The largest absolute Gasteiger partial charge is 0.478 e. The van der Waals surface area contributed by atoms with Crippen molar-refractivity contribution in [3.63, 3.8) is 0 Å². The lowest BCUT2D eigenvalue weighted by Gasteiger charge is -2.69. The summed E-state index contributed by atoms with van der Waals surface area (Å²) in [6.45, 7) is 12.1. The second-order valence-electron chi connectivity index (χ2n) is 13.6. The zero-order valence-corrected chi connectivity index (χ0v) is 24.0. The van der Waals surface area contributed by atoms with E-state index in [1.165, 1.54) is 6.92 Å².